The van der Waals surface area contributed by atoms with Gasteiger partial charge >= 0.3 is 0 Å². The van der Waals surface area contributed by atoms with Gasteiger partial charge in [-0.1, -0.05) is 48.6 Å². The molecule has 0 aromatic heterocycles. The molecule has 0 rings (SSSR count). The first-order valence-electron chi connectivity index (χ1n) is 5.29. The Balaban J connectivity index is 3.32. The zero-order valence-electron chi connectivity index (χ0n) is 9.15. The van der Waals surface area contributed by atoms with Gasteiger partial charge < -0.3 is 0 Å². The average molecular weight is 189 g/mol. The van der Waals surface area contributed by atoms with Crippen LogP contribution in [-0.4, -0.2) is 0 Å². The Bertz CT molecular complexity index is 204. The molecule has 0 nitrogen and oxygen atoms in total. The SMILES string of the molecule is [CH2]CC=CC=CCCC=CCC=CC. The molecular weight excluding hydrogens is 168 g/mol. The molecule has 0 amide bonds. The Labute approximate surface area is 88.7 Å². The lowest BCUT2D eigenvalue weighted by atomic mass is 10.2. The number of rotatable bonds is 7. The van der Waals surface area contributed by atoms with E-state index in [1.165, 1.54) is 0 Å². The minimum Gasteiger partial charge on any atom is -0.0914 e. The summed E-state index contributed by atoms with van der Waals surface area (Å²) in [4.78, 5) is 0. The molecule has 0 unspecified atom stereocenters. The maximum absolute atomic E-state index is 3.72. The first kappa shape index (κ1) is 13.0. The van der Waals surface area contributed by atoms with Gasteiger partial charge in [-0.15, -0.1) is 0 Å². The Kier molecular flexibility index (Phi) is 11.1. The van der Waals surface area contributed by atoms with Crippen LogP contribution in [0.25, 0.3) is 0 Å². The van der Waals surface area contributed by atoms with Crippen LogP contribution in [0.1, 0.15) is 32.6 Å². The molecule has 0 atom stereocenters. The highest BCUT2D eigenvalue weighted by atomic mass is 13.8. The first-order chi connectivity index (χ1) is 6.91. The van der Waals surface area contributed by atoms with E-state index in [-0.39, 0.29) is 0 Å². The van der Waals surface area contributed by atoms with Crippen molar-refractivity contribution in [3.63, 3.8) is 0 Å². The van der Waals surface area contributed by atoms with Crippen LogP contribution in [0.4, 0.5) is 0 Å². The summed E-state index contributed by atoms with van der Waals surface area (Å²) in [6, 6.07) is 0. The molecule has 0 saturated heterocycles. The number of hydrogen-bond donors (Lipinski definition) is 0. The zero-order valence-corrected chi connectivity index (χ0v) is 9.15. The van der Waals surface area contributed by atoms with Gasteiger partial charge in [0.1, 0.15) is 0 Å². The summed E-state index contributed by atoms with van der Waals surface area (Å²) in [6.45, 7) is 5.77. The maximum Gasteiger partial charge on any atom is -0.0169 e. The van der Waals surface area contributed by atoms with Crippen molar-refractivity contribution in [3.8, 4) is 0 Å². The lowest BCUT2D eigenvalue weighted by Gasteiger charge is -1.85. The number of unbranched alkanes of at least 4 members (excludes halogenated alkanes) is 1. The van der Waals surface area contributed by atoms with Crippen molar-refractivity contribution in [2.45, 2.75) is 32.6 Å². The smallest absolute Gasteiger partial charge is 0.0169 e. The second-order valence-corrected chi connectivity index (χ2v) is 3.00. The number of allylic oxidation sites excluding steroid dienone is 8. The highest BCUT2D eigenvalue weighted by molar-refractivity contribution is 5.03. The van der Waals surface area contributed by atoms with Crippen molar-refractivity contribution in [2.24, 2.45) is 0 Å². The molecule has 0 fully saturated rings. The van der Waals surface area contributed by atoms with Crippen LogP contribution in [0.2, 0.25) is 0 Å². The van der Waals surface area contributed by atoms with Gasteiger partial charge in [0.25, 0.3) is 0 Å². The van der Waals surface area contributed by atoms with Crippen molar-refractivity contribution in [1.29, 1.82) is 0 Å². The van der Waals surface area contributed by atoms with E-state index in [0.29, 0.717) is 0 Å². The van der Waals surface area contributed by atoms with Crippen molar-refractivity contribution >= 4 is 0 Å². The molecule has 0 heteroatoms. The molecule has 0 spiro atoms. The summed E-state index contributed by atoms with van der Waals surface area (Å²) in [5.74, 6) is 0. The highest BCUT2D eigenvalue weighted by Gasteiger charge is 1.75. The topological polar surface area (TPSA) is 0 Å². The molecule has 0 aliphatic heterocycles. The van der Waals surface area contributed by atoms with Gasteiger partial charge in [-0.25, -0.2) is 0 Å². The van der Waals surface area contributed by atoms with Crippen LogP contribution in [0.5, 0.6) is 0 Å². The van der Waals surface area contributed by atoms with Crippen molar-refractivity contribution in [2.75, 3.05) is 0 Å². The van der Waals surface area contributed by atoms with Crippen molar-refractivity contribution in [1.82, 2.24) is 0 Å². The van der Waals surface area contributed by atoms with Crippen molar-refractivity contribution in [3.05, 3.63) is 55.5 Å². The fourth-order valence-electron chi connectivity index (χ4n) is 0.971. The van der Waals surface area contributed by atoms with Crippen molar-refractivity contribution < 1.29 is 0 Å². The van der Waals surface area contributed by atoms with Crippen LogP contribution in [-0.2, 0) is 0 Å². The molecule has 0 aliphatic rings. The molecule has 0 bridgehead atoms. The molecule has 0 heterocycles. The monoisotopic (exact) mass is 189 g/mol. The summed E-state index contributed by atoms with van der Waals surface area (Å²) in [5, 5.41) is 0. The largest absolute Gasteiger partial charge is 0.0914 e. The van der Waals surface area contributed by atoms with E-state index >= 15 is 0 Å². The summed E-state index contributed by atoms with van der Waals surface area (Å²) < 4.78 is 0. The molecule has 77 valence electrons. The lowest BCUT2D eigenvalue weighted by Crippen LogP contribution is -1.64. The van der Waals surface area contributed by atoms with Gasteiger partial charge in [0, 0.05) is 0 Å². The molecule has 0 N–H and O–H groups in total. The third-order valence-electron chi connectivity index (χ3n) is 1.72. The van der Waals surface area contributed by atoms with Crippen LogP contribution in [0.3, 0.4) is 0 Å². The maximum atomic E-state index is 3.72. The van der Waals surface area contributed by atoms with Crippen LogP contribution < -0.4 is 0 Å². The van der Waals surface area contributed by atoms with E-state index in [1.807, 2.05) is 6.92 Å². The van der Waals surface area contributed by atoms with Crippen LogP contribution in [0, 0.1) is 6.92 Å². The predicted octanol–water partition coefficient (Wildman–Crippen LogP) is 4.63. The Hall–Kier alpha value is -1.04. The van der Waals surface area contributed by atoms with E-state index in [2.05, 4.69) is 55.5 Å². The predicted molar refractivity (Wildman–Crippen MR) is 66.1 cm³/mol. The van der Waals surface area contributed by atoms with Gasteiger partial charge in [-0.2, -0.15) is 0 Å². The molecular formula is C14H21. The number of hydrogen-bond acceptors (Lipinski definition) is 0. The average Bonchev–Trinajstić information content (AvgIpc) is 2.21. The zero-order chi connectivity index (χ0) is 10.5. The van der Waals surface area contributed by atoms with E-state index in [4.69, 9.17) is 0 Å². The third-order valence-corrected chi connectivity index (χ3v) is 1.72. The third kappa shape index (κ3) is 11.0. The van der Waals surface area contributed by atoms with E-state index < -0.39 is 0 Å². The summed E-state index contributed by atoms with van der Waals surface area (Å²) in [7, 11) is 0. The summed E-state index contributed by atoms with van der Waals surface area (Å²) in [6.07, 6.45) is 21.2. The fraction of sp³-hybridized carbons (Fsp3) is 0.357. The van der Waals surface area contributed by atoms with Crippen LogP contribution in [0.15, 0.2) is 48.6 Å². The van der Waals surface area contributed by atoms with E-state index in [1.54, 1.807) is 0 Å². The van der Waals surface area contributed by atoms with Gasteiger partial charge in [0.2, 0.25) is 0 Å². The second-order valence-electron chi connectivity index (χ2n) is 3.00. The Morgan fingerprint density at radius 3 is 2.29 bits per heavy atom. The molecule has 0 aromatic rings. The first-order valence-corrected chi connectivity index (χ1v) is 5.29. The molecule has 1 radical (unpaired) electrons. The molecule has 14 heavy (non-hydrogen) atoms. The quantitative estimate of drug-likeness (QED) is 0.311. The van der Waals surface area contributed by atoms with Gasteiger partial charge in [-0.3, -0.25) is 0 Å². The summed E-state index contributed by atoms with van der Waals surface area (Å²) in [5.41, 5.74) is 0. The minimum absolute atomic E-state index is 0.869. The highest BCUT2D eigenvalue weighted by Crippen LogP contribution is 1.95. The Morgan fingerprint density at radius 1 is 0.857 bits per heavy atom. The van der Waals surface area contributed by atoms with E-state index in [9.17, 15) is 0 Å². The normalized spacial score (nSPS) is 13.0. The second kappa shape index (κ2) is 12.0. The standard InChI is InChI=1S/C14H21/c1-3-5-7-9-11-13-14-12-10-8-6-4-2/h4-7,9-12H,1,3,8,13-14H2,2H3. The lowest BCUT2D eigenvalue weighted by molar-refractivity contribution is 1.04. The van der Waals surface area contributed by atoms with Gasteiger partial charge in [-0.05, 0) is 39.5 Å². The van der Waals surface area contributed by atoms with Crippen LogP contribution >= 0.6 is 0 Å². The van der Waals surface area contributed by atoms with E-state index in [0.717, 1.165) is 25.7 Å². The molecule has 0 saturated carbocycles. The minimum atomic E-state index is 0.869. The Morgan fingerprint density at radius 2 is 1.57 bits per heavy atom. The molecule has 0 aliphatic carbocycles. The van der Waals surface area contributed by atoms with Gasteiger partial charge in [0.05, 0.1) is 0 Å². The van der Waals surface area contributed by atoms with Gasteiger partial charge in [0.15, 0.2) is 0 Å². The fourth-order valence-corrected chi connectivity index (χ4v) is 0.971. The summed E-state index contributed by atoms with van der Waals surface area (Å²) >= 11 is 0. The molecule has 0 aromatic carbocycles.